The molecule has 0 fully saturated rings. The molecule has 104 valence electrons. The van der Waals surface area contributed by atoms with E-state index in [-0.39, 0.29) is 4.75 Å². The molecule has 1 N–H and O–H groups in total. The first-order valence-corrected chi connectivity index (χ1v) is 7.94. The van der Waals surface area contributed by atoms with Crippen molar-refractivity contribution in [2.24, 2.45) is 0 Å². The highest BCUT2D eigenvalue weighted by atomic mass is 32.2. The van der Waals surface area contributed by atoms with Crippen LogP contribution in [0.15, 0.2) is 0 Å². The number of thioether (sulfide) groups is 1. The van der Waals surface area contributed by atoms with Crippen LogP contribution >= 0.6 is 11.8 Å². The van der Waals surface area contributed by atoms with Gasteiger partial charge in [-0.1, -0.05) is 20.8 Å². The molecular weight excluding hydrogens is 246 g/mol. The summed E-state index contributed by atoms with van der Waals surface area (Å²) in [7, 11) is 0. The molecule has 0 aromatic carbocycles. The van der Waals surface area contributed by atoms with Crippen molar-refractivity contribution in [3.05, 3.63) is 5.82 Å². The summed E-state index contributed by atoms with van der Waals surface area (Å²) in [6, 6.07) is 0. The maximum absolute atomic E-state index is 4.13. The first-order chi connectivity index (χ1) is 8.71. The average molecular weight is 271 g/mol. The van der Waals surface area contributed by atoms with Crippen molar-refractivity contribution in [3.63, 3.8) is 0 Å². The number of hydrogen-bond donors (Lipinski definition) is 1. The van der Waals surface area contributed by atoms with E-state index in [1.54, 1.807) is 0 Å². The lowest BCUT2D eigenvalue weighted by atomic mass is 10.0. The van der Waals surface area contributed by atoms with E-state index in [1.807, 2.05) is 16.4 Å². The highest BCUT2D eigenvalue weighted by molar-refractivity contribution is 8.00. The van der Waals surface area contributed by atoms with Gasteiger partial charge < -0.3 is 5.32 Å². The van der Waals surface area contributed by atoms with Gasteiger partial charge >= 0.3 is 0 Å². The number of nitrogens with zero attached hydrogens (tertiary/aromatic N) is 4. The summed E-state index contributed by atoms with van der Waals surface area (Å²) in [5.41, 5.74) is 0. The molecule has 0 aliphatic heterocycles. The minimum Gasteiger partial charge on any atom is -0.310 e. The van der Waals surface area contributed by atoms with Crippen LogP contribution in [0.5, 0.6) is 0 Å². The fourth-order valence-electron chi connectivity index (χ4n) is 1.95. The molecule has 1 aromatic rings. The van der Waals surface area contributed by atoms with Crippen molar-refractivity contribution < 1.29 is 0 Å². The van der Waals surface area contributed by atoms with Crippen molar-refractivity contribution in [3.8, 4) is 0 Å². The highest BCUT2D eigenvalue weighted by Gasteiger charge is 2.27. The molecule has 0 saturated heterocycles. The number of nitrogens with one attached hydrogen (secondary N) is 1. The molecule has 1 heterocycles. The molecular formula is C12H25N5S. The molecule has 18 heavy (non-hydrogen) atoms. The number of hydrogen-bond acceptors (Lipinski definition) is 5. The predicted molar refractivity (Wildman–Crippen MR) is 76.6 cm³/mol. The van der Waals surface area contributed by atoms with Gasteiger partial charge in [0.05, 0.1) is 13.1 Å². The maximum atomic E-state index is 4.13. The van der Waals surface area contributed by atoms with Gasteiger partial charge in [-0.3, -0.25) is 0 Å². The second-order valence-electron chi connectivity index (χ2n) is 4.52. The van der Waals surface area contributed by atoms with E-state index in [4.69, 9.17) is 0 Å². The van der Waals surface area contributed by atoms with Crippen molar-refractivity contribution in [2.75, 3.05) is 12.8 Å². The summed E-state index contributed by atoms with van der Waals surface area (Å²) in [6.07, 6.45) is 5.56. The smallest absolute Gasteiger partial charge is 0.165 e. The summed E-state index contributed by atoms with van der Waals surface area (Å²) in [6.45, 7) is 9.26. The minimum absolute atomic E-state index is 0.245. The topological polar surface area (TPSA) is 55.6 Å². The van der Waals surface area contributed by atoms with Gasteiger partial charge in [0.2, 0.25) is 0 Å². The molecule has 0 amide bonds. The normalized spacial score (nSPS) is 12.0. The van der Waals surface area contributed by atoms with Crippen LogP contribution in [0.3, 0.4) is 0 Å². The van der Waals surface area contributed by atoms with Crippen LogP contribution in [-0.4, -0.2) is 37.8 Å². The van der Waals surface area contributed by atoms with Gasteiger partial charge in [0.15, 0.2) is 5.82 Å². The zero-order valence-corrected chi connectivity index (χ0v) is 12.8. The van der Waals surface area contributed by atoms with E-state index in [0.29, 0.717) is 0 Å². The Hall–Kier alpha value is -0.620. The third-order valence-electron chi connectivity index (χ3n) is 3.48. The van der Waals surface area contributed by atoms with Crippen LogP contribution in [0.2, 0.25) is 0 Å². The van der Waals surface area contributed by atoms with Crippen LogP contribution in [0.25, 0.3) is 0 Å². The molecule has 0 radical (unpaired) electrons. The molecule has 0 aliphatic carbocycles. The van der Waals surface area contributed by atoms with E-state index in [0.717, 1.165) is 44.7 Å². The van der Waals surface area contributed by atoms with Gasteiger partial charge in [-0.25, -0.2) is 4.68 Å². The summed E-state index contributed by atoms with van der Waals surface area (Å²) >= 11 is 1.92. The molecule has 0 saturated carbocycles. The fourth-order valence-corrected chi connectivity index (χ4v) is 2.78. The largest absolute Gasteiger partial charge is 0.310 e. The first kappa shape index (κ1) is 15.4. The molecule has 0 aliphatic rings. The number of tetrazole rings is 1. The van der Waals surface area contributed by atoms with Gasteiger partial charge in [0.1, 0.15) is 0 Å². The molecule has 5 nitrogen and oxygen atoms in total. The van der Waals surface area contributed by atoms with Crippen LogP contribution in [0, 0.1) is 0 Å². The SMILES string of the molecule is CCCNCc1nnnn1CC(CC)(CC)SC. The Morgan fingerprint density at radius 2 is 2.00 bits per heavy atom. The molecule has 0 spiro atoms. The van der Waals surface area contributed by atoms with E-state index in [2.05, 4.69) is 47.9 Å². The van der Waals surface area contributed by atoms with Crippen LogP contribution < -0.4 is 5.32 Å². The summed E-state index contributed by atoms with van der Waals surface area (Å²) in [4.78, 5) is 0. The van der Waals surface area contributed by atoms with Crippen LogP contribution in [0.4, 0.5) is 0 Å². The van der Waals surface area contributed by atoms with Crippen molar-refractivity contribution in [2.45, 2.75) is 57.9 Å². The van der Waals surface area contributed by atoms with Crippen molar-refractivity contribution >= 4 is 11.8 Å². The standard InChI is InChI=1S/C12H25N5S/c1-5-8-13-9-11-14-15-16-17(11)10-12(6-2,7-3)18-4/h13H,5-10H2,1-4H3. The lowest BCUT2D eigenvalue weighted by Gasteiger charge is -2.29. The van der Waals surface area contributed by atoms with Gasteiger partial charge in [-0.2, -0.15) is 11.8 Å². The third kappa shape index (κ3) is 3.95. The van der Waals surface area contributed by atoms with Crippen molar-refractivity contribution in [1.82, 2.24) is 25.5 Å². The molecule has 0 atom stereocenters. The lowest BCUT2D eigenvalue weighted by Crippen LogP contribution is -2.31. The zero-order valence-electron chi connectivity index (χ0n) is 11.9. The maximum Gasteiger partial charge on any atom is 0.165 e. The Balaban J connectivity index is 2.68. The Morgan fingerprint density at radius 3 is 2.56 bits per heavy atom. The summed E-state index contributed by atoms with van der Waals surface area (Å²) in [5.74, 6) is 0.934. The minimum atomic E-state index is 0.245. The molecule has 1 aromatic heterocycles. The summed E-state index contributed by atoms with van der Waals surface area (Å²) < 4.78 is 2.20. The molecule has 1 rings (SSSR count). The van der Waals surface area contributed by atoms with Crippen molar-refractivity contribution in [1.29, 1.82) is 0 Å². The highest BCUT2D eigenvalue weighted by Crippen LogP contribution is 2.32. The quantitative estimate of drug-likeness (QED) is 0.697. The van der Waals surface area contributed by atoms with E-state index < -0.39 is 0 Å². The van der Waals surface area contributed by atoms with Crippen LogP contribution in [0.1, 0.15) is 45.9 Å². The van der Waals surface area contributed by atoms with Gasteiger partial charge in [0.25, 0.3) is 0 Å². The lowest BCUT2D eigenvalue weighted by molar-refractivity contribution is 0.418. The van der Waals surface area contributed by atoms with Gasteiger partial charge in [-0.05, 0) is 42.5 Å². The van der Waals surface area contributed by atoms with Crippen LogP contribution in [-0.2, 0) is 13.1 Å². The predicted octanol–water partition coefficient (Wildman–Crippen LogP) is 2.09. The number of rotatable bonds is 9. The third-order valence-corrected chi connectivity index (χ3v) is 5.05. The Kier molecular flexibility index (Phi) is 6.63. The van der Waals surface area contributed by atoms with E-state index in [1.165, 1.54) is 0 Å². The summed E-state index contributed by atoms with van der Waals surface area (Å²) in [5, 5.41) is 15.4. The number of aromatic nitrogens is 4. The molecule has 6 heteroatoms. The zero-order chi connectivity index (χ0) is 13.4. The molecule has 0 bridgehead atoms. The Bertz CT molecular complexity index is 327. The molecule has 0 unspecified atom stereocenters. The Labute approximate surface area is 114 Å². The van der Waals surface area contributed by atoms with E-state index in [9.17, 15) is 0 Å². The Morgan fingerprint density at radius 1 is 1.28 bits per heavy atom. The first-order valence-electron chi connectivity index (χ1n) is 6.72. The second kappa shape index (κ2) is 7.74. The second-order valence-corrected chi connectivity index (χ2v) is 5.80. The van der Waals surface area contributed by atoms with Gasteiger partial charge in [0, 0.05) is 4.75 Å². The van der Waals surface area contributed by atoms with Gasteiger partial charge in [-0.15, -0.1) is 5.10 Å². The monoisotopic (exact) mass is 271 g/mol. The van der Waals surface area contributed by atoms with E-state index >= 15 is 0 Å². The fraction of sp³-hybridized carbons (Fsp3) is 0.917. The average Bonchev–Trinajstić information content (AvgIpc) is 2.84.